The number of nitrogens with zero attached hydrogens (tertiary/aromatic N) is 2. The number of hydrogen-bond acceptors (Lipinski definition) is 6. The van der Waals surface area contributed by atoms with Crippen LogP contribution in [0.3, 0.4) is 0 Å². The molecule has 2 aromatic heterocycles. The van der Waals surface area contributed by atoms with Crippen LogP contribution in [0.1, 0.15) is 49.9 Å². The van der Waals surface area contributed by atoms with Gasteiger partial charge in [-0.3, -0.25) is 9.69 Å². The van der Waals surface area contributed by atoms with Gasteiger partial charge in [-0.2, -0.15) is 0 Å². The van der Waals surface area contributed by atoms with Gasteiger partial charge >= 0.3 is 0 Å². The van der Waals surface area contributed by atoms with E-state index in [1.54, 1.807) is 11.3 Å². The molecule has 2 aromatic rings. The minimum absolute atomic E-state index is 0.0239. The summed E-state index contributed by atoms with van der Waals surface area (Å²) in [7, 11) is 0. The van der Waals surface area contributed by atoms with Crippen molar-refractivity contribution in [1.82, 2.24) is 14.9 Å². The molecule has 0 fully saturated rings. The van der Waals surface area contributed by atoms with Crippen LogP contribution in [0.4, 0.5) is 0 Å². The number of rotatable bonds is 8. The van der Waals surface area contributed by atoms with Gasteiger partial charge in [0.2, 0.25) is 0 Å². The summed E-state index contributed by atoms with van der Waals surface area (Å²) in [6.07, 6.45) is 3.95. The van der Waals surface area contributed by atoms with E-state index in [1.807, 2.05) is 20.8 Å². The summed E-state index contributed by atoms with van der Waals surface area (Å²) in [6.45, 7) is 8.03. The van der Waals surface area contributed by atoms with Crippen molar-refractivity contribution in [2.45, 2.75) is 65.2 Å². The highest BCUT2D eigenvalue weighted by Gasteiger charge is 2.20. The summed E-state index contributed by atoms with van der Waals surface area (Å²) in [5.41, 5.74) is 1.19. The van der Waals surface area contributed by atoms with E-state index in [0.29, 0.717) is 25.5 Å². The maximum Gasteiger partial charge on any atom is 0.259 e. The van der Waals surface area contributed by atoms with Crippen LogP contribution < -0.4 is 5.56 Å². The van der Waals surface area contributed by atoms with Crippen molar-refractivity contribution in [3.63, 3.8) is 0 Å². The second kappa shape index (κ2) is 8.61. The van der Waals surface area contributed by atoms with Crippen molar-refractivity contribution in [3.8, 4) is 0 Å². The Morgan fingerprint density at radius 1 is 1.35 bits per heavy atom. The topological polar surface area (TPSA) is 78.5 Å². The van der Waals surface area contributed by atoms with Gasteiger partial charge in [0.25, 0.3) is 5.56 Å². The fourth-order valence-corrected chi connectivity index (χ4v) is 4.74. The number of likely N-dealkylation sites (N-methyl/N-ethyl adjacent to an activating group) is 1. The Labute approximate surface area is 158 Å². The standard InChI is InChI=1S/C19H29N3O3S/c1-4-22(9-13(23)11-25-12(2)3)10-16-20-18(24)17-14-7-5-6-8-15(14)26-19(17)21-16/h12-13,23H,4-11H2,1-3H3,(H,20,21,24)/t13-/m0/s1. The Morgan fingerprint density at radius 3 is 2.85 bits per heavy atom. The molecule has 7 heteroatoms. The van der Waals surface area contributed by atoms with Gasteiger partial charge in [-0.25, -0.2) is 4.98 Å². The Kier molecular flexibility index (Phi) is 6.45. The molecule has 3 rings (SSSR count). The lowest BCUT2D eigenvalue weighted by Gasteiger charge is -2.23. The number of thiophene rings is 1. The average molecular weight is 380 g/mol. The van der Waals surface area contributed by atoms with Crippen molar-refractivity contribution >= 4 is 21.6 Å². The molecule has 0 unspecified atom stereocenters. The zero-order chi connectivity index (χ0) is 18.7. The molecular weight excluding hydrogens is 350 g/mol. The van der Waals surface area contributed by atoms with Crippen molar-refractivity contribution in [2.75, 3.05) is 19.7 Å². The number of ether oxygens (including phenoxy) is 1. The molecule has 0 bridgehead atoms. The molecule has 1 atom stereocenters. The van der Waals surface area contributed by atoms with Crippen LogP contribution in [0.15, 0.2) is 4.79 Å². The van der Waals surface area contributed by atoms with Crippen LogP contribution in [-0.4, -0.2) is 51.9 Å². The quantitative estimate of drug-likeness (QED) is 0.737. The van der Waals surface area contributed by atoms with E-state index in [2.05, 4.69) is 9.88 Å². The van der Waals surface area contributed by atoms with E-state index in [4.69, 9.17) is 9.72 Å². The number of aliphatic hydroxyl groups is 1. The van der Waals surface area contributed by atoms with Gasteiger partial charge in [0.15, 0.2) is 0 Å². The molecule has 0 saturated heterocycles. The number of nitrogens with one attached hydrogen (secondary N) is 1. The molecular formula is C19H29N3O3S. The zero-order valence-corrected chi connectivity index (χ0v) is 16.7. The molecule has 1 aliphatic carbocycles. The molecule has 1 aliphatic rings. The summed E-state index contributed by atoms with van der Waals surface area (Å²) in [5.74, 6) is 0.667. The molecule has 0 aromatic carbocycles. The van der Waals surface area contributed by atoms with Gasteiger partial charge in [-0.15, -0.1) is 11.3 Å². The molecule has 26 heavy (non-hydrogen) atoms. The number of H-pyrrole nitrogens is 1. The molecule has 6 nitrogen and oxygen atoms in total. The van der Waals surface area contributed by atoms with Crippen LogP contribution in [-0.2, 0) is 24.1 Å². The maximum atomic E-state index is 12.6. The number of aliphatic hydroxyl groups excluding tert-OH is 1. The van der Waals surface area contributed by atoms with Crippen molar-refractivity contribution in [2.24, 2.45) is 0 Å². The van der Waals surface area contributed by atoms with Gasteiger partial charge < -0.3 is 14.8 Å². The molecule has 2 heterocycles. The monoisotopic (exact) mass is 379 g/mol. The first-order valence-electron chi connectivity index (χ1n) is 9.53. The minimum Gasteiger partial charge on any atom is -0.389 e. The second-order valence-corrected chi connectivity index (χ2v) is 8.35. The molecule has 0 saturated carbocycles. The van der Waals surface area contributed by atoms with E-state index in [0.717, 1.165) is 36.0 Å². The third-order valence-corrected chi connectivity index (χ3v) is 5.97. The SMILES string of the molecule is CCN(Cc1nc2sc3c(c2c(=O)[nH]1)CCCC3)C[C@H](O)COC(C)C. The average Bonchev–Trinajstić information content (AvgIpc) is 2.98. The molecule has 0 spiro atoms. The molecule has 2 N–H and O–H groups in total. The minimum atomic E-state index is -0.554. The van der Waals surface area contributed by atoms with Gasteiger partial charge in [0.05, 0.1) is 30.7 Å². The number of fused-ring (bicyclic) bond motifs is 3. The van der Waals surface area contributed by atoms with Crippen LogP contribution in [0.5, 0.6) is 0 Å². The lowest BCUT2D eigenvalue weighted by Crippen LogP contribution is -2.35. The lowest BCUT2D eigenvalue weighted by molar-refractivity contribution is -0.00912. The summed E-state index contributed by atoms with van der Waals surface area (Å²) < 4.78 is 5.47. The van der Waals surface area contributed by atoms with Crippen molar-refractivity contribution < 1.29 is 9.84 Å². The first-order chi connectivity index (χ1) is 12.5. The van der Waals surface area contributed by atoms with Gasteiger partial charge in [-0.05, 0) is 51.6 Å². The number of aromatic nitrogens is 2. The van der Waals surface area contributed by atoms with Crippen LogP contribution in [0.25, 0.3) is 10.2 Å². The number of aromatic amines is 1. The molecule has 0 amide bonds. The molecule has 0 aliphatic heterocycles. The second-order valence-electron chi connectivity index (χ2n) is 7.27. The predicted molar refractivity (Wildman–Crippen MR) is 105 cm³/mol. The lowest BCUT2D eigenvalue weighted by atomic mass is 9.97. The van der Waals surface area contributed by atoms with E-state index in [1.165, 1.54) is 16.9 Å². The van der Waals surface area contributed by atoms with Crippen molar-refractivity contribution in [1.29, 1.82) is 0 Å². The van der Waals surface area contributed by atoms with Crippen LogP contribution >= 0.6 is 11.3 Å². The normalized spacial score (nSPS) is 15.8. The van der Waals surface area contributed by atoms with E-state index >= 15 is 0 Å². The van der Waals surface area contributed by atoms with Crippen LogP contribution in [0, 0.1) is 0 Å². The fourth-order valence-electron chi connectivity index (χ4n) is 3.45. The smallest absolute Gasteiger partial charge is 0.259 e. The molecule has 144 valence electrons. The summed E-state index contributed by atoms with van der Waals surface area (Å²) in [4.78, 5) is 24.6. The maximum absolute atomic E-state index is 12.6. The van der Waals surface area contributed by atoms with Gasteiger partial charge in [0.1, 0.15) is 10.7 Å². The third-order valence-electron chi connectivity index (χ3n) is 4.79. The molecule has 0 radical (unpaired) electrons. The predicted octanol–water partition coefficient (Wildman–Crippen LogP) is 2.47. The first kappa shape index (κ1) is 19.5. The number of hydrogen-bond donors (Lipinski definition) is 2. The third kappa shape index (κ3) is 4.52. The van der Waals surface area contributed by atoms with E-state index in [9.17, 15) is 9.90 Å². The summed E-state index contributed by atoms with van der Waals surface area (Å²) in [6, 6.07) is 0. The highest BCUT2D eigenvalue weighted by Crippen LogP contribution is 2.33. The van der Waals surface area contributed by atoms with Gasteiger partial charge in [-0.1, -0.05) is 6.92 Å². The number of aryl methyl sites for hydroxylation is 2. The Hall–Kier alpha value is -1.28. The Bertz CT molecular complexity index is 799. The first-order valence-corrected chi connectivity index (χ1v) is 10.3. The Balaban J connectivity index is 1.74. The highest BCUT2D eigenvalue weighted by molar-refractivity contribution is 7.18. The van der Waals surface area contributed by atoms with Crippen molar-refractivity contribution in [3.05, 3.63) is 26.6 Å². The largest absolute Gasteiger partial charge is 0.389 e. The van der Waals surface area contributed by atoms with E-state index < -0.39 is 6.10 Å². The van der Waals surface area contributed by atoms with E-state index in [-0.39, 0.29) is 11.7 Å². The summed E-state index contributed by atoms with van der Waals surface area (Å²) in [5, 5.41) is 11.0. The highest BCUT2D eigenvalue weighted by atomic mass is 32.1. The Morgan fingerprint density at radius 2 is 2.12 bits per heavy atom. The van der Waals surface area contributed by atoms with Gasteiger partial charge in [0, 0.05) is 11.4 Å². The van der Waals surface area contributed by atoms with Crippen LogP contribution in [0.2, 0.25) is 0 Å². The fraction of sp³-hybridized carbons (Fsp3) is 0.684. The zero-order valence-electron chi connectivity index (χ0n) is 15.9. The summed E-state index contributed by atoms with van der Waals surface area (Å²) >= 11 is 1.67.